The Labute approximate surface area is 121 Å². The zero-order chi connectivity index (χ0) is 13.4. The highest BCUT2D eigenvalue weighted by Gasteiger charge is 2.15. The van der Waals surface area contributed by atoms with Crippen molar-refractivity contribution in [1.29, 1.82) is 0 Å². The molecule has 0 bridgehead atoms. The van der Waals surface area contributed by atoms with Gasteiger partial charge in [0, 0.05) is 9.86 Å². The van der Waals surface area contributed by atoms with E-state index in [0.717, 1.165) is 9.35 Å². The summed E-state index contributed by atoms with van der Waals surface area (Å²) in [7, 11) is 0. The fourth-order valence-electron chi connectivity index (χ4n) is 1.96. The third kappa shape index (κ3) is 2.15. The van der Waals surface area contributed by atoms with Crippen LogP contribution in [0.2, 0.25) is 0 Å². The van der Waals surface area contributed by atoms with Crippen LogP contribution in [0, 0.1) is 0 Å². The molecule has 0 atom stereocenters. The second-order valence-electron chi connectivity index (χ2n) is 3.97. The van der Waals surface area contributed by atoms with E-state index in [1.165, 1.54) is 0 Å². The van der Waals surface area contributed by atoms with E-state index in [-0.39, 0.29) is 5.56 Å². The van der Waals surface area contributed by atoms with E-state index in [1.54, 1.807) is 17.4 Å². The van der Waals surface area contributed by atoms with Crippen molar-refractivity contribution in [3.05, 3.63) is 51.8 Å². The largest absolute Gasteiger partial charge is 0.478 e. The molecule has 0 aliphatic rings. The van der Waals surface area contributed by atoms with Gasteiger partial charge in [0.15, 0.2) is 0 Å². The SMILES string of the molecule is O=C(O)c1cc(-c2cccs2)nc2cccc(Br)c12. The van der Waals surface area contributed by atoms with E-state index in [1.807, 2.05) is 35.7 Å². The van der Waals surface area contributed by atoms with Crippen molar-refractivity contribution in [2.75, 3.05) is 0 Å². The van der Waals surface area contributed by atoms with E-state index in [2.05, 4.69) is 20.9 Å². The first-order chi connectivity index (χ1) is 9.16. The molecule has 2 aromatic heterocycles. The second-order valence-corrected chi connectivity index (χ2v) is 5.77. The molecule has 5 heteroatoms. The van der Waals surface area contributed by atoms with Crippen molar-refractivity contribution in [1.82, 2.24) is 4.98 Å². The van der Waals surface area contributed by atoms with Crippen LogP contribution in [0.3, 0.4) is 0 Å². The number of halogens is 1. The highest BCUT2D eigenvalue weighted by Crippen LogP contribution is 2.31. The number of hydrogen-bond donors (Lipinski definition) is 1. The molecule has 3 aromatic rings. The first-order valence-electron chi connectivity index (χ1n) is 5.53. The number of carboxylic acid groups (broad SMARTS) is 1. The normalized spacial score (nSPS) is 10.8. The molecule has 94 valence electrons. The number of hydrogen-bond acceptors (Lipinski definition) is 3. The van der Waals surface area contributed by atoms with Gasteiger partial charge in [-0.05, 0) is 29.6 Å². The lowest BCUT2D eigenvalue weighted by atomic mass is 10.1. The van der Waals surface area contributed by atoms with Crippen LogP contribution < -0.4 is 0 Å². The highest BCUT2D eigenvalue weighted by atomic mass is 79.9. The fraction of sp³-hybridized carbons (Fsp3) is 0. The number of aromatic nitrogens is 1. The lowest BCUT2D eigenvalue weighted by molar-refractivity contribution is 0.0699. The molecule has 3 nitrogen and oxygen atoms in total. The molecule has 0 aliphatic heterocycles. The molecule has 0 aliphatic carbocycles. The van der Waals surface area contributed by atoms with Gasteiger partial charge in [-0.2, -0.15) is 0 Å². The Morgan fingerprint density at radius 3 is 2.79 bits per heavy atom. The minimum atomic E-state index is -0.947. The monoisotopic (exact) mass is 333 g/mol. The zero-order valence-corrected chi connectivity index (χ0v) is 12.0. The Hall–Kier alpha value is -1.72. The number of pyridine rings is 1. The molecular weight excluding hydrogens is 326 g/mol. The summed E-state index contributed by atoms with van der Waals surface area (Å²) in [6.45, 7) is 0. The average Bonchev–Trinajstić information content (AvgIpc) is 2.91. The summed E-state index contributed by atoms with van der Waals surface area (Å²) in [5.41, 5.74) is 1.64. The van der Waals surface area contributed by atoms with Crippen LogP contribution in [-0.4, -0.2) is 16.1 Å². The topological polar surface area (TPSA) is 50.2 Å². The van der Waals surface area contributed by atoms with Crippen LogP contribution in [0.15, 0.2) is 46.3 Å². The molecule has 0 saturated heterocycles. The zero-order valence-electron chi connectivity index (χ0n) is 9.63. The highest BCUT2D eigenvalue weighted by molar-refractivity contribution is 9.10. The fourth-order valence-corrected chi connectivity index (χ4v) is 3.22. The van der Waals surface area contributed by atoms with Gasteiger partial charge in [0.05, 0.1) is 21.7 Å². The summed E-state index contributed by atoms with van der Waals surface area (Å²) in [5.74, 6) is -0.947. The van der Waals surface area contributed by atoms with Crippen molar-refractivity contribution in [2.45, 2.75) is 0 Å². The molecule has 19 heavy (non-hydrogen) atoms. The molecule has 1 aromatic carbocycles. The van der Waals surface area contributed by atoms with E-state index < -0.39 is 5.97 Å². The molecule has 0 amide bonds. The lowest BCUT2D eigenvalue weighted by Gasteiger charge is -2.07. The Kier molecular flexibility index (Phi) is 3.08. The van der Waals surface area contributed by atoms with E-state index in [9.17, 15) is 9.90 Å². The van der Waals surface area contributed by atoms with Crippen molar-refractivity contribution in [3.8, 4) is 10.6 Å². The number of aromatic carboxylic acids is 1. The van der Waals surface area contributed by atoms with Crippen molar-refractivity contribution >= 4 is 44.1 Å². The van der Waals surface area contributed by atoms with E-state index in [4.69, 9.17) is 0 Å². The van der Waals surface area contributed by atoms with Gasteiger partial charge in [0.25, 0.3) is 0 Å². The van der Waals surface area contributed by atoms with Gasteiger partial charge in [-0.15, -0.1) is 11.3 Å². The Balaban J connectivity index is 2.38. The number of carbonyl (C=O) groups is 1. The van der Waals surface area contributed by atoms with Gasteiger partial charge in [-0.25, -0.2) is 9.78 Å². The second kappa shape index (κ2) is 4.75. The predicted octanol–water partition coefficient (Wildman–Crippen LogP) is 4.42. The predicted molar refractivity (Wildman–Crippen MR) is 79.7 cm³/mol. The van der Waals surface area contributed by atoms with Crippen molar-refractivity contribution in [2.24, 2.45) is 0 Å². The van der Waals surface area contributed by atoms with Gasteiger partial charge in [-0.3, -0.25) is 0 Å². The molecule has 0 radical (unpaired) electrons. The standard InChI is InChI=1S/C14H8BrNO2S/c15-9-3-1-4-10-13(9)8(14(17)18)7-11(16-10)12-5-2-6-19-12/h1-7H,(H,17,18). The third-order valence-electron chi connectivity index (χ3n) is 2.79. The van der Waals surface area contributed by atoms with Gasteiger partial charge < -0.3 is 5.11 Å². The van der Waals surface area contributed by atoms with Gasteiger partial charge >= 0.3 is 5.97 Å². The first kappa shape index (κ1) is 12.3. The molecule has 0 saturated carbocycles. The molecule has 3 rings (SSSR count). The van der Waals surface area contributed by atoms with Crippen LogP contribution >= 0.6 is 27.3 Å². The van der Waals surface area contributed by atoms with E-state index in [0.29, 0.717) is 16.6 Å². The number of benzene rings is 1. The van der Waals surface area contributed by atoms with Crippen LogP contribution in [0.4, 0.5) is 0 Å². The van der Waals surface area contributed by atoms with Crippen LogP contribution in [-0.2, 0) is 0 Å². The lowest BCUT2D eigenvalue weighted by Crippen LogP contribution is -2.00. The number of rotatable bonds is 2. The maximum absolute atomic E-state index is 11.4. The molecule has 2 heterocycles. The molecular formula is C14H8BrNO2S. The number of nitrogens with zero attached hydrogens (tertiary/aromatic N) is 1. The number of carboxylic acids is 1. The summed E-state index contributed by atoms with van der Waals surface area (Å²) in [4.78, 5) is 16.9. The average molecular weight is 334 g/mol. The van der Waals surface area contributed by atoms with Crippen LogP contribution in [0.25, 0.3) is 21.5 Å². The third-order valence-corrected chi connectivity index (χ3v) is 4.34. The summed E-state index contributed by atoms with van der Waals surface area (Å²) in [5, 5.41) is 12.0. The van der Waals surface area contributed by atoms with Crippen molar-refractivity contribution in [3.63, 3.8) is 0 Å². The van der Waals surface area contributed by atoms with Gasteiger partial charge in [0.1, 0.15) is 0 Å². The molecule has 0 unspecified atom stereocenters. The van der Waals surface area contributed by atoms with E-state index >= 15 is 0 Å². The van der Waals surface area contributed by atoms with Crippen LogP contribution in [0.5, 0.6) is 0 Å². The molecule has 1 N–H and O–H groups in total. The first-order valence-corrected chi connectivity index (χ1v) is 7.20. The van der Waals surface area contributed by atoms with Crippen molar-refractivity contribution < 1.29 is 9.90 Å². The summed E-state index contributed by atoms with van der Waals surface area (Å²) in [6.07, 6.45) is 0. The Morgan fingerprint density at radius 1 is 1.26 bits per heavy atom. The number of thiophene rings is 1. The van der Waals surface area contributed by atoms with Gasteiger partial charge in [-0.1, -0.05) is 28.1 Å². The van der Waals surface area contributed by atoms with Gasteiger partial charge in [0.2, 0.25) is 0 Å². The Bertz CT molecular complexity index is 768. The summed E-state index contributed by atoms with van der Waals surface area (Å²) >= 11 is 4.93. The molecule has 0 fully saturated rings. The maximum Gasteiger partial charge on any atom is 0.336 e. The Morgan fingerprint density at radius 2 is 2.11 bits per heavy atom. The minimum absolute atomic E-state index is 0.265. The summed E-state index contributed by atoms with van der Waals surface area (Å²) < 4.78 is 0.743. The quantitative estimate of drug-likeness (QED) is 0.754. The molecule has 0 spiro atoms. The summed E-state index contributed by atoms with van der Waals surface area (Å²) in [6, 6.07) is 11.0. The van der Waals surface area contributed by atoms with Crippen LogP contribution in [0.1, 0.15) is 10.4 Å². The smallest absolute Gasteiger partial charge is 0.336 e. The maximum atomic E-state index is 11.4. The minimum Gasteiger partial charge on any atom is -0.478 e. The number of fused-ring (bicyclic) bond motifs is 1.